The van der Waals surface area contributed by atoms with Crippen LogP contribution < -0.4 is 15.2 Å². The summed E-state index contributed by atoms with van der Waals surface area (Å²) in [6.07, 6.45) is 1.54. The van der Waals surface area contributed by atoms with Crippen molar-refractivity contribution in [3.05, 3.63) is 23.8 Å². The Kier molecular flexibility index (Phi) is 9.41. The number of benzene rings is 1. The molecule has 21 heavy (non-hydrogen) atoms. The topological polar surface area (TPSA) is 87.9 Å². The van der Waals surface area contributed by atoms with Gasteiger partial charge in [0.25, 0.3) is 0 Å². The van der Waals surface area contributed by atoms with E-state index in [0.29, 0.717) is 30.1 Å². The highest BCUT2D eigenvalue weighted by Gasteiger charge is 2.08. The predicted molar refractivity (Wildman–Crippen MR) is 81.7 cm³/mol. The lowest BCUT2D eigenvalue weighted by Gasteiger charge is -2.07. The summed E-state index contributed by atoms with van der Waals surface area (Å²) in [5, 5.41) is 0. The van der Waals surface area contributed by atoms with Gasteiger partial charge in [0.15, 0.2) is 11.5 Å². The van der Waals surface area contributed by atoms with E-state index in [4.69, 9.17) is 15.2 Å². The van der Waals surface area contributed by atoms with Gasteiger partial charge in [0.05, 0.1) is 20.8 Å². The number of methoxy groups -OCH3 is 2. The van der Waals surface area contributed by atoms with Crippen molar-refractivity contribution in [3.8, 4) is 11.5 Å². The van der Waals surface area contributed by atoms with E-state index in [1.54, 1.807) is 18.2 Å². The first kappa shape index (κ1) is 18.8. The van der Waals surface area contributed by atoms with E-state index in [0.717, 1.165) is 6.42 Å². The third-order valence-electron chi connectivity index (χ3n) is 2.46. The van der Waals surface area contributed by atoms with Crippen molar-refractivity contribution in [1.29, 1.82) is 0 Å². The van der Waals surface area contributed by atoms with Gasteiger partial charge in [-0.2, -0.15) is 0 Å². The maximum Gasteiger partial charge on any atom is 0.305 e. The van der Waals surface area contributed by atoms with Gasteiger partial charge in [0, 0.05) is 13.4 Å². The van der Waals surface area contributed by atoms with Gasteiger partial charge < -0.3 is 19.9 Å². The van der Waals surface area contributed by atoms with Crippen LogP contribution in [0.5, 0.6) is 11.5 Å². The van der Waals surface area contributed by atoms with Crippen LogP contribution in [0.4, 0.5) is 0 Å². The van der Waals surface area contributed by atoms with Crippen LogP contribution in [0.25, 0.3) is 0 Å². The zero-order valence-corrected chi connectivity index (χ0v) is 13.0. The number of hydrogen-bond donors (Lipinski definition) is 1. The summed E-state index contributed by atoms with van der Waals surface area (Å²) in [5.74, 6) is 0.544. The summed E-state index contributed by atoms with van der Waals surface area (Å²) in [6.45, 7) is 4.64. The third-order valence-corrected chi connectivity index (χ3v) is 2.46. The van der Waals surface area contributed by atoms with Gasteiger partial charge in [-0.15, -0.1) is 0 Å². The fraction of sp³-hybridized carbons (Fsp3) is 0.467. The van der Waals surface area contributed by atoms with Gasteiger partial charge in [-0.1, -0.05) is 13.8 Å². The van der Waals surface area contributed by atoms with Crippen molar-refractivity contribution in [3.63, 3.8) is 0 Å². The molecule has 0 aliphatic carbocycles. The van der Waals surface area contributed by atoms with Gasteiger partial charge >= 0.3 is 5.97 Å². The molecule has 6 heteroatoms. The molecule has 1 aromatic rings. The standard InChI is InChI=1S/C9H11NO3.C4H6O2.C2H6.H2/c1-12-7-4-3-6(9(10)11)5-8(7)13-2;5-4-2-1-3-6-4;1-2;/h3-5H,1-2H3,(H2,10,11);1-3H2;1-2H3;1H. The average Bonchev–Trinajstić information content (AvgIpc) is 3.00. The SMILES string of the molecule is CC.COc1ccc(C(N)=O)cc1OC.O=C1CCCO1.[HH]. The van der Waals surface area contributed by atoms with Gasteiger partial charge in [0.2, 0.25) is 5.91 Å². The minimum absolute atomic E-state index is 0. The molecule has 120 valence electrons. The molecule has 2 rings (SSSR count). The first-order valence-corrected chi connectivity index (χ1v) is 6.76. The Hall–Kier alpha value is -2.24. The highest BCUT2D eigenvalue weighted by molar-refractivity contribution is 5.93. The number of amides is 1. The van der Waals surface area contributed by atoms with Crippen LogP contribution >= 0.6 is 0 Å². The van der Waals surface area contributed by atoms with E-state index in [1.807, 2.05) is 13.8 Å². The van der Waals surface area contributed by atoms with Crippen LogP contribution in [-0.4, -0.2) is 32.7 Å². The molecular weight excluding hydrogens is 274 g/mol. The first-order valence-electron chi connectivity index (χ1n) is 6.76. The lowest BCUT2D eigenvalue weighted by atomic mass is 10.2. The average molecular weight is 299 g/mol. The molecule has 1 aliphatic heterocycles. The summed E-state index contributed by atoms with van der Waals surface area (Å²) in [5.41, 5.74) is 5.49. The van der Waals surface area contributed by atoms with E-state index in [-0.39, 0.29) is 7.40 Å². The number of esters is 1. The van der Waals surface area contributed by atoms with Crippen LogP contribution in [0.2, 0.25) is 0 Å². The number of carbonyl (C=O) groups is 2. The molecule has 1 amide bonds. The molecule has 0 atom stereocenters. The van der Waals surface area contributed by atoms with Crippen molar-refractivity contribution in [1.82, 2.24) is 0 Å². The number of ether oxygens (including phenoxy) is 3. The zero-order chi connectivity index (χ0) is 16.3. The van der Waals surface area contributed by atoms with Crippen molar-refractivity contribution in [2.24, 2.45) is 5.73 Å². The lowest BCUT2D eigenvalue weighted by molar-refractivity contribution is -0.137. The van der Waals surface area contributed by atoms with Crippen molar-refractivity contribution >= 4 is 11.9 Å². The molecule has 1 aromatic carbocycles. The van der Waals surface area contributed by atoms with E-state index in [1.165, 1.54) is 14.2 Å². The van der Waals surface area contributed by atoms with Gasteiger partial charge in [-0.3, -0.25) is 9.59 Å². The molecule has 6 nitrogen and oxygen atoms in total. The lowest BCUT2D eigenvalue weighted by Crippen LogP contribution is -2.10. The van der Waals surface area contributed by atoms with E-state index >= 15 is 0 Å². The quantitative estimate of drug-likeness (QED) is 0.866. The van der Waals surface area contributed by atoms with E-state index in [2.05, 4.69) is 4.74 Å². The fourth-order valence-corrected chi connectivity index (χ4v) is 1.46. The molecule has 1 heterocycles. The Morgan fingerprint density at radius 2 is 1.86 bits per heavy atom. The van der Waals surface area contributed by atoms with Crippen LogP contribution in [-0.2, 0) is 9.53 Å². The van der Waals surface area contributed by atoms with Gasteiger partial charge in [-0.05, 0) is 24.6 Å². The minimum atomic E-state index is -0.485. The largest absolute Gasteiger partial charge is 0.493 e. The molecule has 0 spiro atoms. The summed E-state index contributed by atoms with van der Waals surface area (Å²) in [4.78, 5) is 20.8. The Balaban J connectivity index is 0. The number of cyclic esters (lactones) is 1. The van der Waals surface area contributed by atoms with Crippen LogP contribution in [0, 0.1) is 0 Å². The number of carbonyl (C=O) groups excluding carboxylic acids is 2. The zero-order valence-electron chi connectivity index (χ0n) is 13.0. The normalized spacial score (nSPS) is 12.1. The molecule has 1 fully saturated rings. The third kappa shape index (κ3) is 6.65. The number of hydrogen-bond acceptors (Lipinski definition) is 5. The molecule has 0 unspecified atom stereocenters. The van der Waals surface area contributed by atoms with E-state index in [9.17, 15) is 9.59 Å². The monoisotopic (exact) mass is 299 g/mol. The smallest absolute Gasteiger partial charge is 0.305 e. The maximum absolute atomic E-state index is 10.8. The highest BCUT2D eigenvalue weighted by atomic mass is 16.5. The molecule has 0 aromatic heterocycles. The maximum atomic E-state index is 10.8. The minimum Gasteiger partial charge on any atom is -0.493 e. The highest BCUT2D eigenvalue weighted by Crippen LogP contribution is 2.27. The summed E-state index contributed by atoms with van der Waals surface area (Å²) >= 11 is 0. The second kappa shape index (κ2) is 10.5. The number of rotatable bonds is 3. The van der Waals surface area contributed by atoms with Crippen molar-refractivity contribution in [2.75, 3.05) is 20.8 Å². The number of primary amides is 1. The predicted octanol–water partition coefficient (Wildman–Crippen LogP) is 2.40. The molecule has 0 radical (unpaired) electrons. The number of nitrogens with two attached hydrogens (primary N) is 1. The van der Waals surface area contributed by atoms with Crippen molar-refractivity contribution < 1.29 is 25.2 Å². The van der Waals surface area contributed by atoms with Crippen LogP contribution in [0.1, 0.15) is 38.5 Å². The molecule has 1 aliphatic rings. The summed E-state index contributed by atoms with van der Waals surface area (Å²) < 4.78 is 14.5. The second-order valence-electron chi connectivity index (χ2n) is 3.76. The van der Waals surface area contributed by atoms with Gasteiger partial charge in [0.1, 0.15) is 0 Å². The van der Waals surface area contributed by atoms with Gasteiger partial charge in [-0.25, -0.2) is 0 Å². The summed E-state index contributed by atoms with van der Waals surface area (Å²) in [7, 11) is 3.03. The fourth-order valence-electron chi connectivity index (χ4n) is 1.46. The molecule has 2 N–H and O–H groups in total. The molecule has 0 bridgehead atoms. The van der Waals surface area contributed by atoms with E-state index < -0.39 is 5.91 Å². The molecule has 1 saturated heterocycles. The van der Waals surface area contributed by atoms with Crippen LogP contribution in [0.15, 0.2) is 18.2 Å². The second-order valence-corrected chi connectivity index (χ2v) is 3.76. The first-order chi connectivity index (χ1) is 10.1. The Morgan fingerprint density at radius 3 is 2.19 bits per heavy atom. The molecule has 0 saturated carbocycles. The Labute approximate surface area is 126 Å². The van der Waals surface area contributed by atoms with Crippen molar-refractivity contribution in [2.45, 2.75) is 26.7 Å². The summed E-state index contributed by atoms with van der Waals surface area (Å²) in [6, 6.07) is 4.77. The molecular formula is C15H25NO5. The van der Waals surface area contributed by atoms with Crippen LogP contribution in [0.3, 0.4) is 0 Å². The Morgan fingerprint density at radius 1 is 1.24 bits per heavy atom. The Bertz CT molecular complexity index is 457.